The van der Waals surface area contributed by atoms with E-state index in [-0.39, 0.29) is 29.9 Å². The van der Waals surface area contributed by atoms with E-state index < -0.39 is 0 Å². The highest BCUT2D eigenvalue weighted by molar-refractivity contribution is 14.0. The van der Waals surface area contributed by atoms with Crippen LogP contribution in [0.15, 0.2) is 29.3 Å². The third-order valence-corrected chi connectivity index (χ3v) is 4.30. The molecule has 2 rings (SSSR count). The molecule has 7 heteroatoms. The Morgan fingerprint density at radius 1 is 1.38 bits per heavy atom. The highest BCUT2D eigenvalue weighted by atomic mass is 127. The first-order valence-corrected chi connectivity index (χ1v) is 9.00. The van der Waals surface area contributed by atoms with Crippen LogP contribution in [0.25, 0.3) is 0 Å². The molecule has 1 atom stereocenters. The van der Waals surface area contributed by atoms with Crippen molar-refractivity contribution in [2.45, 2.75) is 26.3 Å². The number of halogens is 1. The fourth-order valence-electron chi connectivity index (χ4n) is 2.93. The van der Waals surface area contributed by atoms with E-state index in [4.69, 9.17) is 4.74 Å². The number of hydrogen-bond donors (Lipinski definition) is 2. The lowest BCUT2D eigenvalue weighted by Gasteiger charge is -2.24. The molecule has 0 spiro atoms. The molecule has 0 radical (unpaired) electrons. The Hall–Kier alpha value is -1.35. The van der Waals surface area contributed by atoms with Crippen molar-refractivity contribution in [2.24, 2.45) is 10.9 Å². The molecular weight excluding hydrogens is 443 g/mol. The molecule has 1 heterocycles. The van der Waals surface area contributed by atoms with Gasteiger partial charge in [0, 0.05) is 51.8 Å². The Balaban J connectivity index is 0.00000338. The number of ether oxygens (including phenoxy) is 1. The maximum absolute atomic E-state index is 12.1. The summed E-state index contributed by atoms with van der Waals surface area (Å²) in [5.41, 5.74) is 1.75. The van der Waals surface area contributed by atoms with Crippen molar-refractivity contribution < 1.29 is 9.53 Å². The van der Waals surface area contributed by atoms with Crippen LogP contribution < -0.4 is 10.6 Å². The molecule has 0 bridgehead atoms. The summed E-state index contributed by atoms with van der Waals surface area (Å²) in [6, 6.07) is 7.70. The predicted molar refractivity (Wildman–Crippen MR) is 116 cm³/mol. The Bertz CT molecular complexity index is 589. The van der Waals surface area contributed by atoms with E-state index in [1.165, 1.54) is 0 Å². The van der Waals surface area contributed by atoms with Gasteiger partial charge in [0.1, 0.15) is 0 Å². The van der Waals surface area contributed by atoms with Gasteiger partial charge in [0.15, 0.2) is 5.96 Å². The lowest BCUT2D eigenvalue weighted by atomic mass is 10.1. The second-order valence-corrected chi connectivity index (χ2v) is 6.47. The van der Waals surface area contributed by atoms with Crippen LogP contribution >= 0.6 is 24.0 Å². The van der Waals surface area contributed by atoms with Gasteiger partial charge < -0.3 is 20.3 Å². The first kappa shape index (κ1) is 22.7. The molecule has 1 amide bonds. The molecule has 1 fully saturated rings. The Morgan fingerprint density at radius 2 is 2.19 bits per heavy atom. The summed E-state index contributed by atoms with van der Waals surface area (Å²) in [7, 11) is 3.83. The fourth-order valence-corrected chi connectivity index (χ4v) is 2.93. The van der Waals surface area contributed by atoms with Gasteiger partial charge in [-0.15, -0.1) is 24.0 Å². The molecule has 26 heavy (non-hydrogen) atoms. The predicted octanol–water partition coefficient (Wildman–Crippen LogP) is 2.49. The maximum Gasteiger partial charge on any atom is 0.251 e. The fraction of sp³-hybridized carbons (Fsp3) is 0.579. The number of nitrogens with one attached hydrogen (secondary N) is 2. The molecule has 1 aliphatic heterocycles. The van der Waals surface area contributed by atoms with Gasteiger partial charge in [0.25, 0.3) is 5.91 Å². The minimum atomic E-state index is -0.0218. The normalized spacial score (nSPS) is 16.7. The van der Waals surface area contributed by atoms with E-state index in [0.717, 1.165) is 44.1 Å². The SMILES string of the molecule is CCCNC(=O)c1cccc(CNC(=NC)N(C)CC2CCOC2)c1.I. The molecule has 1 aromatic carbocycles. The molecule has 1 unspecified atom stereocenters. The monoisotopic (exact) mass is 474 g/mol. The van der Waals surface area contributed by atoms with Crippen LogP contribution in [-0.4, -0.2) is 57.2 Å². The van der Waals surface area contributed by atoms with Gasteiger partial charge in [-0.2, -0.15) is 0 Å². The quantitative estimate of drug-likeness (QED) is 0.362. The summed E-state index contributed by atoms with van der Waals surface area (Å²) in [4.78, 5) is 18.6. The van der Waals surface area contributed by atoms with Gasteiger partial charge >= 0.3 is 0 Å². The number of nitrogens with zero attached hydrogens (tertiary/aromatic N) is 2. The van der Waals surface area contributed by atoms with Crippen LogP contribution in [0.3, 0.4) is 0 Å². The molecule has 1 aliphatic rings. The topological polar surface area (TPSA) is 66.0 Å². The maximum atomic E-state index is 12.1. The number of amides is 1. The highest BCUT2D eigenvalue weighted by Crippen LogP contribution is 2.13. The van der Waals surface area contributed by atoms with Gasteiger partial charge in [-0.05, 0) is 30.5 Å². The number of aliphatic imine (C=N–C) groups is 1. The molecule has 6 nitrogen and oxygen atoms in total. The third-order valence-electron chi connectivity index (χ3n) is 4.30. The Labute approximate surface area is 173 Å². The minimum Gasteiger partial charge on any atom is -0.381 e. The van der Waals surface area contributed by atoms with Gasteiger partial charge in [-0.3, -0.25) is 9.79 Å². The lowest BCUT2D eigenvalue weighted by molar-refractivity contribution is 0.0953. The molecular formula is C19H31IN4O2. The van der Waals surface area contributed by atoms with Gasteiger partial charge in [-0.25, -0.2) is 0 Å². The zero-order chi connectivity index (χ0) is 18.1. The minimum absolute atomic E-state index is 0. The number of rotatable bonds is 7. The van der Waals surface area contributed by atoms with Crippen molar-refractivity contribution in [1.29, 1.82) is 0 Å². The van der Waals surface area contributed by atoms with Crippen molar-refractivity contribution in [2.75, 3.05) is 40.4 Å². The van der Waals surface area contributed by atoms with Crippen LogP contribution in [-0.2, 0) is 11.3 Å². The van der Waals surface area contributed by atoms with E-state index in [0.29, 0.717) is 24.6 Å². The average Bonchev–Trinajstić information content (AvgIpc) is 3.13. The van der Waals surface area contributed by atoms with Crippen molar-refractivity contribution in [3.63, 3.8) is 0 Å². The molecule has 0 saturated carbocycles. The van der Waals surface area contributed by atoms with Crippen molar-refractivity contribution >= 4 is 35.8 Å². The smallest absolute Gasteiger partial charge is 0.251 e. The van der Waals surface area contributed by atoms with Crippen LogP contribution in [0.5, 0.6) is 0 Å². The van der Waals surface area contributed by atoms with E-state index >= 15 is 0 Å². The largest absolute Gasteiger partial charge is 0.381 e. The first-order chi connectivity index (χ1) is 12.1. The standard InChI is InChI=1S/C19H30N4O2.HI/c1-4-9-21-18(24)17-7-5-6-15(11-17)12-22-19(20-2)23(3)13-16-8-10-25-14-16;/h5-7,11,16H,4,8-10,12-14H2,1-3H3,(H,20,22)(H,21,24);1H. The molecule has 1 aromatic rings. The number of guanidine groups is 1. The Kier molecular flexibility index (Phi) is 10.6. The van der Waals surface area contributed by atoms with Crippen LogP contribution in [0.4, 0.5) is 0 Å². The van der Waals surface area contributed by atoms with Crippen LogP contribution in [0, 0.1) is 5.92 Å². The van der Waals surface area contributed by atoms with Crippen molar-refractivity contribution in [3.8, 4) is 0 Å². The van der Waals surface area contributed by atoms with E-state index in [2.05, 4.69) is 20.5 Å². The van der Waals surface area contributed by atoms with Crippen molar-refractivity contribution in [3.05, 3.63) is 35.4 Å². The molecule has 1 saturated heterocycles. The summed E-state index contributed by atoms with van der Waals surface area (Å²) in [5, 5.41) is 6.28. The number of carbonyl (C=O) groups excluding carboxylic acids is 1. The molecule has 146 valence electrons. The van der Waals surface area contributed by atoms with Gasteiger partial charge in [-0.1, -0.05) is 19.1 Å². The molecule has 0 aromatic heterocycles. The first-order valence-electron chi connectivity index (χ1n) is 9.00. The Morgan fingerprint density at radius 3 is 2.85 bits per heavy atom. The molecule has 2 N–H and O–H groups in total. The zero-order valence-electron chi connectivity index (χ0n) is 16.0. The zero-order valence-corrected chi connectivity index (χ0v) is 18.3. The van der Waals surface area contributed by atoms with Crippen molar-refractivity contribution in [1.82, 2.24) is 15.5 Å². The summed E-state index contributed by atoms with van der Waals surface area (Å²) in [5.74, 6) is 1.40. The number of carbonyl (C=O) groups is 1. The average molecular weight is 474 g/mol. The summed E-state index contributed by atoms with van der Waals surface area (Å²) < 4.78 is 5.44. The number of hydrogen-bond acceptors (Lipinski definition) is 3. The van der Waals surface area contributed by atoms with Gasteiger partial charge in [0.2, 0.25) is 0 Å². The van der Waals surface area contributed by atoms with E-state index in [1.807, 2.05) is 38.2 Å². The van der Waals surface area contributed by atoms with Crippen LogP contribution in [0.1, 0.15) is 35.7 Å². The van der Waals surface area contributed by atoms with E-state index in [9.17, 15) is 4.79 Å². The summed E-state index contributed by atoms with van der Waals surface area (Å²) in [6.07, 6.45) is 2.04. The second-order valence-electron chi connectivity index (χ2n) is 6.47. The van der Waals surface area contributed by atoms with Crippen LogP contribution in [0.2, 0.25) is 0 Å². The lowest BCUT2D eigenvalue weighted by Crippen LogP contribution is -2.41. The van der Waals surface area contributed by atoms with Gasteiger partial charge in [0.05, 0.1) is 6.61 Å². The molecule has 0 aliphatic carbocycles. The third kappa shape index (κ3) is 7.11. The second kappa shape index (κ2) is 12.1. The highest BCUT2D eigenvalue weighted by Gasteiger charge is 2.19. The summed E-state index contributed by atoms with van der Waals surface area (Å²) >= 11 is 0. The van der Waals surface area contributed by atoms with E-state index in [1.54, 1.807) is 7.05 Å². The number of benzene rings is 1. The summed E-state index contributed by atoms with van der Waals surface area (Å²) in [6.45, 7) is 5.99.